The zero-order chi connectivity index (χ0) is 24.5. The quantitative estimate of drug-likeness (QED) is 0.472. The number of nitrogens with zero attached hydrogens (tertiary/aromatic N) is 1. The molecule has 3 atom stereocenters. The third kappa shape index (κ3) is 7.10. The SMILES string of the molecule is O=C(O)CC/C=C\CC[C@H]1[C@@H](OCc2ccc(-c3ccccc3)cc2)CC(=O)[C@@H]1N1CCOCC1. The fraction of sp³-hybridized carbons (Fsp3) is 0.448. The number of ether oxygens (including phenoxy) is 2. The number of carboxylic acids is 1. The average molecular weight is 478 g/mol. The third-order valence-electron chi connectivity index (χ3n) is 6.94. The van der Waals surface area contributed by atoms with Gasteiger partial charge >= 0.3 is 5.97 Å². The van der Waals surface area contributed by atoms with Crippen molar-refractivity contribution >= 4 is 11.8 Å². The first-order chi connectivity index (χ1) is 17.1. The molecule has 2 aromatic rings. The summed E-state index contributed by atoms with van der Waals surface area (Å²) < 4.78 is 11.9. The molecule has 0 unspecified atom stereocenters. The summed E-state index contributed by atoms with van der Waals surface area (Å²) in [6, 6.07) is 18.6. The molecule has 1 heterocycles. The number of aliphatic carboxylic acids is 1. The molecule has 0 amide bonds. The Bertz CT molecular complexity index is 982. The smallest absolute Gasteiger partial charge is 0.303 e. The number of allylic oxidation sites excluding steroid dienone is 2. The lowest BCUT2D eigenvalue weighted by Crippen LogP contribution is -2.49. The summed E-state index contributed by atoms with van der Waals surface area (Å²) in [4.78, 5) is 26.1. The van der Waals surface area contributed by atoms with E-state index < -0.39 is 5.97 Å². The van der Waals surface area contributed by atoms with Crippen molar-refractivity contribution in [3.8, 4) is 11.1 Å². The topological polar surface area (TPSA) is 76.1 Å². The number of morpholine rings is 1. The van der Waals surface area contributed by atoms with E-state index in [1.54, 1.807) is 0 Å². The number of carbonyl (C=O) groups excluding carboxylic acids is 1. The minimum Gasteiger partial charge on any atom is -0.481 e. The Morgan fingerprint density at radius 3 is 2.40 bits per heavy atom. The fourth-order valence-electron chi connectivity index (χ4n) is 5.13. The van der Waals surface area contributed by atoms with Gasteiger partial charge in [-0.2, -0.15) is 0 Å². The minimum absolute atomic E-state index is 0.114. The number of rotatable bonds is 11. The number of hydrogen-bond donors (Lipinski definition) is 1. The fourth-order valence-corrected chi connectivity index (χ4v) is 5.13. The van der Waals surface area contributed by atoms with Crippen molar-refractivity contribution in [2.24, 2.45) is 5.92 Å². The van der Waals surface area contributed by atoms with Gasteiger partial charge in [-0.3, -0.25) is 14.5 Å². The monoisotopic (exact) mass is 477 g/mol. The molecule has 0 bridgehead atoms. The second kappa shape index (κ2) is 12.8. The summed E-state index contributed by atoms with van der Waals surface area (Å²) in [6.45, 7) is 3.34. The van der Waals surface area contributed by atoms with Gasteiger partial charge in [-0.1, -0.05) is 66.7 Å². The van der Waals surface area contributed by atoms with Crippen molar-refractivity contribution in [3.05, 3.63) is 72.3 Å². The second-order valence-corrected chi connectivity index (χ2v) is 9.32. The Morgan fingerprint density at radius 1 is 1.00 bits per heavy atom. The first kappa shape index (κ1) is 25.3. The molecule has 186 valence electrons. The highest BCUT2D eigenvalue weighted by Gasteiger charge is 2.45. The van der Waals surface area contributed by atoms with Crippen LogP contribution >= 0.6 is 0 Å². The summed E-state index contributed by atoms with van der Waals surface area (Å²) in [5, 5.41) is 8.81. The van der Waals surface area contributed by atoms with Crippen LogP contribution in [0.15, 0.2) is 66.7 Å². The molecule has 6 heteroatoms. The van der Waals surface area contributed by atoms with E-state index in [0.717, 1.165) is 31.5 Å². The Hall–Kier alpha value is -2.80. The van der Waals surface area contributed by atoms with Crippen molar-refractivity contribution in [2.75, 3.05) is 26.3 Å². The zero-order valence-electron chi connectivity index (χ0n) is 20.2. The van der Waals surface area contributed by atoms with Gasteiger partial charge in [0, 0.05) is 31.8 Å². The van der Waals surface area contributed by atoms with Crippen LogP contribution in [0, 0.1) is 5.92 Å². The van der Waals surface area contributed by atoms with E-state index in [-0.39, 0.29) is 30.3 Å². The third-order valence-corrected chi connectivity index (χ3v) is 6.94. The lowest BCUT2D eigenvalue weighted by Gasteiger charge is -2.35. The van der Waals surface area contributed by atoms with Gasteiger partial charge in [-0.25, -0.2) is 0 Å². The van der Waals surface area contributed by atoms with E-state index in [1.807, 2.05) is 30.4 Å². The maximum Gasteiger partial charge on any atom is 0.303 e. The molecule has 0 aromatic heterocycles. The van der Waals surface area contributed by atoms with E-state index >= 15 is 0 Å². The molecule has 1 aliphatic carbocycles. The van der Waals surface area contributed by atoms with E-state index in [4.69, 9.17) is 14.6 Å². The van der Waals surface area contributed by atoms with Gasteiger partial charge in [0.1, 0.15) is 0 Å². The second-order valence-electron chi connectivity index (χ2n) is 9.32. The summed E-state index contributed by atoms with van der Waals surface area (Å²) in [7, 11) is 0. The predicted octanol–water partition coefficient (Wildman–Crippen LogP) is 4.73. The highest BCUT2D eigenvalue weighted by Crippen LogP contribution is 2.35. The molecule has 2 aliphatic rings. The Kier molecular flexibility index (Phi) is 9.23. The van der Waals surface area contributed by atoms with Gasteiger partial charge in [-0.15, -0.1) is 0 Å². The molecule has 1 saturated carbocycles. The van der Waals surface area contributed by atoms with Crippen LogP contribution in [0.1, 0.15) is 37.7 Å². The summed E-state index contributed by atoms with van der Waals surface area (Å²) in [5.74, 6) is -0.404. The molecule has 1 saturated heterocycles. The number of ketones is 1. The molecule has 2 aromatic carbocycles. The molecule has 6 nitrogen and oxygen atoms in total. The van der Waals surface area contributed by atoms with Crippen LogP contribution in [-0.2, 0) is 25.7 Å². The maximum atomic E-state index is 13.1. The highest BCUT2D eigenvalue weighted by molar-refractivity contribution is 5.87. The lowest BCUT2D eigenvalue weighted by atomic mass is 9.93. The number of Topliss-reactive ketones (excluding diaryl/α,β-unsaturated/α-hetero) is 1. The van der Waals surface area contributed by atoms with Gasteiger partial charge in [-0.05, 0) is 36.0 Å². The minimum atomic E-state index is -0.784. The predicted molar refractivity (Wildman–Crippen MR) is 135 cm³/mol. The lowest BCUT2D eigenvalue weighted by molar-refractivity contribution is -0.136. The van der Waals surface area contributed by atoms with Crippen molar-refractivity contribution in [1.82, 2.24) is 4.90 Å². The van der Waals surface area contributed by atoms with E-state index in [1.165, 1.54) is 11.1 Å². The molecule has 1 N–H and O–H groups in total. The standard InChI is InChI=1S/C29H35NO5/c31-26-20-27(35-21-22-12-14-24(15-13-22)23-8-4-3-5-9-23)25(10-6-1-2-7-11-28(32)33)29(26)30-16-18-34-19-17-30/h1-5,8-9,12-15,25,27,29H,6-7,10-11,16-21H2,(H,32,33)/b2-1-/t25-,27-,29+/m0/s1. The number of carbonyl (C=O) groups is 2. The molecule has 0 spiro atoms. The molecular weight excluding hydrogens is 442 g/mol. The van der Waals surface area contributed by atoms with Crippen LogP contribution in [0.25, 0.3) is 11.1 Å². The van der Waals surface area contributed by atoms with Crippen molar-refractivity contribution < 1.29 is 24.2 Å². The molecule has 4 rings (SSSR count). The number of carboxylic acid groups (broad SMARTS) is 1. The molecule has 1 aliphatic heterocycles. The van der Waals surface area contributed by atoms with Crippen molar-refractivity contribution in [3.63, 3.8) is 0 Å². The van der Waals surface area contributed by atoms with Gasteiger partial charge in [0.2, 0.25) is 0 Å². The molecule has 35 heavy (non-hydrogen) atoms. The molecule has 0 radical (unpaired) electrons. The Balaban J connectivity index is 1.38. The van der Waals surface area contributed by atoms with Crippen LogP contribution < -0.4 is 0 Å². The Labute approximate surface area is 207 Å². The summed E-state index contributed by atoms with van der Waals surface area (Å²) in [6.07, 6.45) is 6.63. The van der Waals surface area contributed by atoms with E-state index in [0.29, 0.717) is 32.7 Å². The largest absolute Gasteiger partial charge is 0.481 e. The van der Waals surface area contributed by atoms with E-state index in [9.17, 15) is 9.59 Å². The van der Waals surface area contributed by atoms with E-state index in [2.05, 4.69) is 41.3 Å². The van der Waals surface area contributed by atoms with Crippen molar-refractivity contribution in [1.29, 1.82) is 0 Å². The summed E-state index contributed by atoms with van der Waals surface area (Å²) >= 11 is 0. The van der Waals surface area contributed by atoms with Crippen LogP contribution in [0.2, 0.25) is 0 Å². The van der Waals surface area contributed by atoms with Crippen LogP contribution in [-0.4, -0.2) is 60.2 Å². The average Bonchev–Trinajstić information content (AvgIpc) is 3.20. The first-order valence-electron chi connectivity index (χ1n) is 12.6. The Morgan fingerprint density at radius 2 is 1.69 bits per heavy atom. The van der Waals surface area contributed by atoms with Gasteiger partial charge in [0.05, 0.1) is 32.0 Å². The first-order valence-corrected chi connectivity index (χ1v) is 12.6. The number of hydrogen-bond acceptors (Lipinski definition) is 5. The summed E-state index contributed by atoms with van der Waals surface area (Å²) in [5.41, 5.74) is 3.45. The molecule has 2 fully saturated rings. The highest BCUT2D eigenvalue weighted by atomic mass is 16.5. The maximum absolute atomic E-state index is 13.1. The van der Waals surface area contributed by atoms with Gasteiger partial charge < -0.3 is 14.6 Å². The number of benzene rings is 2. The zero-order valence-corrected chi connectivity index (χ0v) is 20.2. The van der Waals surface area contributed by atoms with Crippen molar-refractivity contribution in [2.45, 2.75) is 50.9 Å². The van der Waals surface area contributed by atoms with Gasteiger partial charge in [0.25, 0.3) is 0 Å². The van der Waals surface area contributed by atoms with Crippen LogP contribution in [0.3, 0.4) is 0 Å². The van der Waals surface area contributed by atoms with Gasteiger partial charge in [0.15, 0.2) is 5.78 Å². The van der Waals surface area contributed by atoms with Crippen LogP contribution in [0.5, 0.6) is 0 Å². The normalized spacial score (nSPS) is 23.2. The molecular formula is C29H35NO5. The van der Waals surface area contributed by atoms with Crippen LogP contribution in [0.4, 0.5) is 0 Å².